The summed E-state index contributed by atoms with van der Waals surface area (Å²) in [5.74, 6) is 1.09. The molecule has 7 heteroatoms. The average molecular weight is 390 g/mol. The van der Waals surface area contributed by atoms with Gasteiger partial charge < -0.3 is 19.4 Å². The predicted octanol–water partition coefficient (Wildman–Crippen LogP) is 3.10. The van der Waals surface area contributed by atoms with E-state index in [-0.39, 0.29) is 12.0 Å². The van der Waals surface area contributed by atoms with Gasteiger partial charge in [-0.15, -0.1) is 0 Å². The van der Waals surface area contributed by atoms with Crippen LogP contribution in [0.2, 0.25) is 0 Å². The summed E-state index contributed by atoms with van der Waals surface area (Å²) < 4.78 is 13.3. The molecular weight excluding hydrogens is 362 g/mol. The monoisotopic (exact) mass is 389 g/mol. The van der Waals surface area contributed by atoms with Crippen molar-refractivity contribution >= 4 is 17.7 Å². The van der Waals surface area contributed by atoms with Crippen molar-refractivity contribution in [3.05, 3.63) is 41.2 Å². The maximum Gasteiger partial charge on any atom is 0.230 e. The number of aromatic nitrogens is 2. The Kier molecular flexibility index (Phi) is 6.79. The number of nitrogens with zero attached hydrogens (tertiary/aromatic N) is 2. The molecule has 1 aliphatic heterocycles. The van der Waals surface area contributed by atoms with Crippen molar-refractivity contribution in [2.24, 2.45) is 0 Å². The number of carbonyl (C=O) groups is 1. The summed E-state index contributed by atoms with van der Waals surface area (Å²) in [5, 5.41) is 3.84. The summed E-state index contributed by atoms with van der Waals surface area (Å²) in [7, 11) is 1.63. The molecule has 2 heterocycles. The van der Waals surface area contributed by atoms with Gasteiger partial charge in [0, 0.05) is 24.4 Å². The quantitative estimate of drug-likeness (QED) is 0.703. The van der Waals surface area contributed by atoms with Gasteiger partial charge in [0.25, 0.3) is 0 Å². The molecule has 1 aromatic heterocycles. The molecule has 0 bridgehead atoms. The summed E-state index contributed by atoms with van der Waals surface area (Å²) in [5.41, 5.74) is 3.11. The zero-order valence-corrected chi connectivity index (χ0v) is 17.0. The Morgan fingerprint density at radius 1 is 1.41 bits per heavy atom. The highest BCUT2D eigenvalue weighted by Crippen LogP contribution is 2.24. The lowest BCUT2D eigenvalue weighted by molar-refractivity contribution is -0.118. The van der Waals surface area contributed by atoms with Crippen LogP contribution in [0.4, 0.5) is 0 Å². The summed E-state index contributed by atoms with van der Waals surface area (Å²) in [6, 6.07) is 7.70. The van der Waals surface area contributed by atoms with Crippen molar-refractivity contribution in [2.45, 2.75) is 51.0 Å². The van der Waals surface area contributed by atoms with Crippen LogP contribution in [-0.2, 0) is 22.6 Å². The summed E-state index contributed by atoms with van der Waals surface area (Å²) >= 11 is 1.47. The van der Waals surface area contributed by atoms with E-state index in [0.717, 1.165) is 53.9 Å². The summed E-state index contributed by atoms with van der Waals surface area (Å²) in [6.45, 7) is 6.17. The first-order valence-corrected chi connectivity index (χ1v) is 10.2. The van der Waals surface area contributed by atoms with Crippen molar-refractivity contribution in [3.63, 3.8) is 0 Å². The standard InChI is InChI=1S/C20H27N3O3S/c1-14-15(2)23(12-17-8-6-10-26-17)20(22-14)27-13-19(24)21-11-16-7-4-5-9-18(16)25-3/h4-5,7,9,17H,6,8,10-13H2,1-3H3,(H,21,24). The van der Waals surface area contributed by atoms with Gasteiger partial charge in [0.15, 0.2) is 5.16 Å². The van der Waals surface area contributed by atoms with E-state index < -0.39 is 0 Å². The van der Waals surface area contributed by atoms with Gasteiger partial charge >= 0.3 is 0 Å². The number of hydrogen-bond acceptors (Lipinski definition) is 5. The van der Waals surface area contributed by atoms with Crippen molar-refractivity contribution in [2.75, 3.05) is 19.5 Å². The van der Waals surface area contributed by atoms with E-state index in [2.05, 4.69) is 21.8 Å². The molecule has 27 heavy (non-hydrogen) atoms. The van der Waals surface area contributed by atoms with Crippen LogP contribution in [0.15, 0.2) is 29.4 Å². The number of para-hydroxylation sites is 1. The molecule has 0 spiro atoms. The Morgan fingerprint density at radius 2 is 2.22 bits per heavy atom. The smallest absolute Gasteiger partial charge is 0.230 e. The molecule has 146 valence electrons. The molecule has 3 rings (SSSR count). The SMILES string of the molecule is COc1ccccc1CNC(=O)CSc1nc(C)c(C)n1CC1CCCO1. The fourth-order valence-electron chi connectivity index (χ4n) is 3.16. The molecule has 0 radical (unpaired) electrons. The molecular formula is C20H27N3O3S. The van der Waals surface area contributed by atoms with E-state index in [1.54, 1.807) is 7.11 Å². The van der Waals surface area contributed by atoms with Crippen molar-refractivity contribution in [1.82, 2.24) is 14.9 Å². The second-order valence-electron chi connectivity index (χ2n) is 6.69. The van der Waals surface area contributed by atoms with Gasteiger partial charge in [0.2, 0.25) is 5.91 Å². The van der Waals surface area contributed by atoms with Gasteiger partial charge in [0.1, 0.15) is 5.75 Å². The average Bonchev–Trinajstić information content (AvgIpc) is 3.29. The van der Waals surface area contributed by atoms with Crippen LogP contribution in [0, 0.1) is 13.8 Å². The Balaban J connectivity index is 1.56. The number of methoxy groups -OCH3 is 1. The van der Waals surface area contributed by atoms with Gasteiger partial charge in [-0.25, -0.2) is 4.98 Å². The minimum absolute atomic E-state index is 0.0205. The fourth-order valence-corrected chi connectivity index (χ4v) is 4.10. The molecule has 6 nitrogen and oxygen atoms in total. The van der Waals surface area contributed by atoms with Crippen LogP contribution in [0.3, 0.4) is 0 Å². The molecule has 1 amide bonds. The second kappa shape index (κ2) is 9.28. The number of thioether (sulfide) groups is 1. The van der Waals surface area contributed by atoms with Crippen LogP contribution >= 0.6 is 11.8 Å². The van der Waals surface area contributed by atoms with Gasteiger partial charge in [-0.05, 0) is 32.8 Å². The minimum Gasteiger partial charge on any atom is -0.496 e. The zero-order chi connectivity index (χ0) is 19.2. The number of aryl methyl sites for hydroxylation is 1. The van der Waals surface area contributed by atoms with Crippen LogP contribution in [-0.4, -0.2) is 41.0 Å². The third kappa shape index (κ3) is 5.05. The lowest BCUT2D eigenvalue weighted by Gasteiger charge is -2.14. The number of hydrogen-bond donors (Lipinski definition) is 1. The summed E-state index contributed by atoms with van der Waals surface area (Å²) in [6.07, 6.45) is 2.45. The molecule has 2 aromatic rings. The highest BCUT2D eigenvalue weighted by molar-refractivity contribution is 7.99. The first-order valence-electron chi connectivity index (χ1n) is 9.25. The highest BCUT2D eigenvalue weighted by Gasteiger charge is 2.20. The van der Waals surface area contributed by atoms with Crippen LogP contribution in [0.1, 0.15) is 29.8 Å². The number of ether oxygens (including phenoxy) is 2. The van der Waals surface area contributed by atoms with E-state index in [0.29, 0.717) is 12.3 Å². The van der Waals surface area contributed by atoms with Gasteiger partial charge in [0.05, 0.1) is 31.2 Å². The van der Waals surface area contributed by atoms with E-state index in [4.69, 9.17) is 9.47 Å². The van der Waals surface area contributed by atoms with E-state index in [1.165, 1.54) is 11.8 Å². The van der Waals surface area contributed by atoms with Crippen molar-refractivity contribution in [1.29, 1.82) is 0 Å². The molecule has 1 saturated heterocycles. The van der Waals surface area contributed by atoms with Gasteiger partial charge in [-0.1, -0.05) is 30.0 Å². The minimum atomic E-state index is -0.0205. The number of amides is 1. The number of benzene rings is 1. The van der Waals surface area contributed by atoms with Crippen LogP contribution < -0.4 is 10.1 Å². The van der Waals surface area contributed by atoms with Gasteiger partial charge in [-0.3, -0.25) is 4.79 Å². The second-order valence-corrected chi connectivity index (χ2v) is 7.63. The molecule has 1 unspecified atom stereocenters. The van der Waals surface area contributed by atoms with E-state index in [1.807, 2.05) is 31.2 Å². The predicted molar refractivity (Wildman–Crippen MR) is 106 cm³/mol. The Hall–Kier alpha value is -1.99. The maximum atomic E-state index is 12.3. The number of carbonyl (C=O) groups excluding carboxylic acids is 1. The zero-order valence-electron chi connectivity index (χ0n) is 16.2. The first kappa shape index (κ1) is 19.8. The fraction of sp³-hybridized carbons (Fsp3) is 0.500. The van der Waals surface area contributed by atoms with E-state index >= 15 is 0 Å². The Morgan fingerprint density at radius 3 is 2.96 bits per heavy atom. The molecule has 1 atom stereocenters. The molecule has 1 aliphatic rings. The molecule has 0 aliphatic carbocycles. The first-order chi connectivity index (χ1) is 13.1. The highest BCUT2D eigenvalue weighted by atomic mass is 32.2. The topological polar surface area (TPSA) is 65.4 Å². The van der Waals surface area contributed by atoms with Crippen LogP contribution in [0.25, 0.3) is 0 Å². The number of nitrogens with one attached hydrogen (secondary N) is 1. The molecule has 1 fully saturated rings. The molecule has 1 aromatic carbocycles. The lowest BCUT2D eigenvalue weighted by atomic mass is 10.2. The maximum absolute atomic E-state index is 12.3. The number of rotatable bonds is 8. The van der Waals surface area contributed by atoms with Crippen molar-refractivity contribution < 1.29 is 14.3 Å². The third-order valence-electron chi connectivity index (χ3n) is 4.83. The van der Waals surface area contributed by atoms with Crippen molar-refractivity contribution in [3.8, 4) is 5.75 Å². The third-order valence-corrected chi connectivity index (χ3v) is 5.81. The number of imidazole rings is 1. The van der Waals surface area contributed by atoms with E-state index in [9.17, 15) is 4.79 Å². The Labute approximate surface area is 164 Å². The van der Waals surface area contributed by atoms with Gasteiger partial charge in [-0.2, -0.15) is 0 Å². The summed E-state index contributed by atoms with van der Waals surface area (Å²) in [4.78, 5) is 16.9. The molecule has 0 saturated carbocycles. The largest absolute Gasteiger partial charge is 0.496 e. The normalized spacial score (nSPS) is 16.5. The van der Waals surface area contributed by atoms with Crippen LogP contribution in [0.5, 0.6) is 5.75 Å². The lowest BCUT2D eigenvalue weighted by Crippen LogP contribution is -2.25. The Bertz CT molecular complexity index is 785. The molecule has 1 N–H and O–H groups in total.